The molecule has 23 heavy (non-hydrogen) atoms. The van der Waals surface area contributed by atoms with Crippen LogP contribution >= 0.6 is 19.6 Å². The number of rotatable bonds is 4. The molecule has 0 saturated carbocycles. The minimum absolute atomic E-state index is 0.0218. The summed E-state index contributed by atoms with van der Waals surface area (Å²) in [5.41, 5.74) is 1.12. The Labute approximate surface area is 134 Å². The molecule has 120 valence electrons. The molecule has 2 atom stereocenters. The standard InChI is InChI=1S/C13H11N2O6PS/c16-13(17)11-6-23-12(15-11)10-3-1-7-5-8(21-22(18,19)20)2-4-9(7)14-10/h1-5,11H,6H2,(H,16,17)(H2,18,19,20)/p-1/t11-/m1/s1. The fourth-order valence-corrected chi connectivity index (χ4v) is 3.43. The van der Waals surface area contributed by atoms with Gasteiger partial charge in [0.15, 0.2) is 6.04 Å². The number of hydrogen-bond acceptors (Lipinski definition) is 7. The second kappa shape index (κ2) is 5.93. The molecule has 0 spiro atoms. The van der Waals surface area contributed by atoms with E-state index in [9.17, 15) is 14.3 Å². The third-order valence-electron chi connectivity index (χ3n) is 3.04. The van der Waals surface area contributed by atoms with Crippen molar-refractivity contribution in [2.24, 2.45) is 4.99 Å². The largest absolute Gasteiger partial charge is 0.746 e. The van der Waals surface area contributed by atoms with Crippen LogP contribution in [0.1, 0.15) is 5.69 Å². The van der Waals surface area contributed by atoms with Gasteiger partial charge < -0.3 is 19.4 Å². The van der Waals surface area contributed by atoms with Gasteiger partial charge in [-0.2, -0.15) is 0 Å². The average molecular weight is 353 g/mol. The molecule has 8 nitrogen and oxygen atoms in total. The van der Waals surface area contributed by atoms with Gasteiger partial charge in [-0.3, -0.25) is 9.56 Å². The summed E-state index contributed by atoms with van der Waals surface area (Å²) in [6.07, 6.45) is 0. The molecule has 1 aliphatic heterocycles. The van der Waals surface area contributed by atoms with E-state index in [1.807, 2.05) is 0 Å². The Morgan fingerprint density at radius 3 is 2.83 bits per heavy atom. The number of aliphatic carboxylic acids is 1. The van der Waals surface area contributed by atoms with Crippen molar-refractivity contribution in [1.82, 2.24) is 4.98 Å². The van der Waals surface area contributed by atoms with Gasteiger partial charge in [-0.1, -0.05) is 6.07 Å². The summed E-state index contributed by atoms with van der Waals surface area (Å²) in [7, 11) is -4.86. The van der Waals surface area contributed by atoms with Crippen molar-refractivity contribution in [1.29, 1.82) is 0 Å². The number of carboxylic acids is 1. The third-order valence-corrected chi connectivity index (χ3v) is 4.55. The number of phosphoric acid groups is 1. The zero-order valence-corrected chi connectivity index (χ0v) is 13.2. The molecule has 1 unspecified atom stereocenters. The monoisotopic (exact) mass is 353 g/mol. The smallest absolute Gasteiger partial charge is 0.329 e. The first-order valence-corrected chi connectivity index (χ1v) is 8.88. The first kappa shape index (κ1) is 15.9. The lowest BCUT2D eigenvalue weighted by atomic mass is 10.2. The second-order valence-electron chi connectivity index (χ2n) is 4.71. The quantitative estimate of drug-likeness (QED) is 0.779. The molecular weight excluding hydrogens is 343 g/mol. The SMILES string of the molecule is O=C(O)[C@H]1CSC(c2ccc3cc(OP(=O)([O-])O)ccc3n2)=N1. The van der Waals surface area contributed by atoms with Crippen LogP contribution < -0.4 is 9.42 Å². The van der Waals surface area contributed by atoms with Crippen LogP contribution in [-0.4, -0.2) is 37.8 Å². The van der Waals surface area contributed by atoms with Crippen LogP contribution in [0.5, 0.6) is 5.75 Å². The number of carbonyl (C=O) groups is 1. The van der Waals surface area contributed by atoms with E-state index in [1.165, 1.54) is 23.9 Å². The summed E-state index contributed by atoms with van der Waals surface area (Å²) in [4.78, 5) is 38.8. The topological polar surface area (TPSA) is 132 Å². The van der Waals surface area contributed by atoms with E-state index in [-0.39, 0.29) is 5.75 Å². The summed E-state index contributed by atoms with van der Waals surface area (Å²) < 4.78 is 15.1. The van der Waals surface area contributed by atoms with E-state index in [1.54, 1.807) is 18.2 Å². The Morgan fingerprint density at radius 2 is 2.17 bits per heavy atom. The number of benzene rings is 1. The molecule has 3 rings (SSSR count). The molecule has 0 radical (unpaired) electrons. The van der Waals surface area contributed by atoms with Crippen LogP contribution in [0.4, 0.5) is 0 Å². The maximum Gasteiger partial charge on any atom is 0.329 e. The summed E-state index contributed by atoms with van der Waals surface area (Å²) >= 11 is 1.32. The Morgan fingerprint density at radius 1 is 1.39 bits per heavy atom. The molecule has 0 fully saturated rings. The van der Waals surface area contributed by atoms with Crippen molar-refractivity contribution in [3.8, 4) is 5.75 Å². The van der Waals surface area contributed by atoms with Crippen molar-refractivity contribution in [3.63, 3.8) is 0 Å². The fourth-order valence-electron chi connectivity index (χ4n) is 2.05. The highest BCUT2D eigenvalue weighted by atomic mass is 32.2. The van der Waals surface area contributed by atoms with Crippen LogP contribution in [0.2, 0.25) is 0 Å². The van der Waals surface area contributed by atoms with Crippen LogP contribution in [0.25, 0.3) is 10.9 Å². The number of fused-ring (bicyclic) bond motifs is 1. The molecule has 10 heteroatoms. The van der Waals surface area contributed by atoms with Crippen LogP contribution in [0.15, 0.2) is 35.3 Å². The van der Waals surface area contributed by atoms with E-state index < -0.39 is 19.8 Å². The van der Waals surface area contributed by atoms with E-state index in [4.69, 9.17) is 10.00 Å². The Hall–Kier alpha value is -1.93. The lowest BCUT2D eigenvalue weighted by molar-refractivity contribution is -0.211. The number of hydrogen-bond donors (Lipinski definition) is 2. The van der Waals surface area contributed by atoms with Crippen molar-refractivity contribution >= 4 is 41.5 Å². The van der Waals surface area contributed by atoms with Crippen molar-refractivity contribution in [2.75, 3.05) is 5.75 Å². The zero-order chi connectivity index (χ0) is 16.6. The fraction of sp³-hybridized carbons (Fsp3) is 0.154. The summed E-state index contributed by atoms with van der Waals surface area (Å²) in [5.74, 6) is -0.626. The number of thioether (sulfide) groups is 1. The first-order chi connectivity index (χ1) is 10.8. The Balaban J connectivity index is 1.92. The molecule has 2 heterocycles. The zero-order valence-electron chi connectivity index (χ0n) is 11.4. The normalized spacial score (nSPS) is 20.1. The van der Waals surface area contributed by atoms with Gasteiger partial charge in [-0.05, 0) is 24.3 Å². The molecule has 0 aliphatic carbocycles. The lowest BCUT2D eigenvalue weighted by Gasteiger charge is -2.16. The van der Waals surface area contributed by atoms with E-state index in [0.29, 0.717) is 27.4 Å². The average Bonchev–Trinajstić information content (AvgIpc) is 2.95. The van der Waals surface area contributed by atoms with E-state index in [2.05, 4.69) is 14.5 Å². The van der Waals surface area contributed by atoms with Crippen molar-refractivity contribution in [3.05, 3.63) is 36.0 Å². The van der Waals surface area contributed by atoms with Gasteiger partial charge >= 0.3 is 13.8 Å². The number of carboxylic acid groups (broad SMARTS) is 1. The van der Waals surface area contributed by atoms with E-state index in [0.717, 1.165) is 0 Å². The molecule has 0 bridgehead atoms. The number of aromatic nitrogens is 1. The molecule has 0 amide bonds. The highest BCUT2D eigenvalue weighted by molar-refractivity contribution is 8.14. The minimum Gasteiger partial charge on any atom is -0.746 e. The molecule has 2 N–H and O–H groups in total. The van der Waals surface area contributed by atoms with Crippen LogP contribution in [-0.2, 0) is 9.36 Å². The van der Waals surface area contributed by atoms with E-state index >= 15 is 0 Å². The predicted molar refractivity (Wildman–Crippen MR) is 82.6 cm³/mol. The molecular formula is C13H10N2O6PS-. The molecule has 1 aromatic heterocycles. The van der Waals surface area contributed by atoms with Crippen molar-refractivity contribution < 1.29 is 28.8 Å². The summed E-state index contributed by atoms with van der Waals surface area (Å²) in [6.45, 7) is 0. The van der Waals surface area contributed by atoms with Gasteiger partial charge in [0, 0.05) is 11.1 Å². The summed E-state index contributed by atoms with van der Waals surface area (Å²) in [6, 6.07) is 6.92. The van der Waals surface area contributed by atoms with Crippen LogP contribution in [0.3, 0.4) is 0 Å². The highest BCUT2D eigenvalue weighted by Gasteiger charge is 2.25. The van der Waals surface area contributed by atoms with Crippen molar-refractivity contribution in [2.45, 2.75) is 6.04 Å². The van der Waals surface area contributed by atoms with Gasteiger partial charge in [0.25, 0.3) is 0 Å². The molecule has 1 aromatic carbocycles. The lowest BCUT2D eigenvalue weighted by Crippen LogP contribution is -2.17. The van der Waals surface area contributed by atoms with Gasteiger partial charge in [0.1, 0.15) is 10.8 Å². The number of phosphoric ester groups is 1. The highest BCUT2D eigenvalue weighted by Crippen LogP contribution is 2.34. The summed E-state index contributed by atoms with van der Waals surface area (Å²) in [5, 5.41) is 10.1. The van der Waals surface area contributed by atoms with Gasteiger partial charge in [0.05, 0.1) is 11.2 Å². The number of nitrogens with zero attached hydrogens (tertiary/aromatic N) is 2. The molecule has 0 saturated heterocycles. The minimum atomic E-state index is -4.86. The number of aliphatic imine (C=N–C) groups is 1. The van der Waals surface area contributed by atoms with Gasteiger partial charge in [0.2, 0.25) is 0 Å². The second-order valence-corrected chi connectivity index (χ2v) is 6.84. The molecule has 2 aromatic rings. The molecule has 1 aliphatic rings. The predicted octanol–water partition coefficient (Wildman–Crippen LogP) is 1.02. The number of pyridine rings is 1. The van der Waals surface area contributed by atoms with Crippen LogP contribution in [0, 0.1) is 0 Å². The van der Waals surface area contributed by atoms with Gasteiger partial charge in [-0.25, -0.2) is 9.78 Å². The maximum absolute atomic E-state index is 10.9. The Bertz CT molecular complexity index is 865. The first-order valence-electron chi connectivity index (χ1n) is 6.40. The maximum atomic E-state index is 10.9. The van der Waals surface area contributed by atoms with Gasteiger partial charge in [-0.15, -0.1) is 11.8 Å². The Kier molecular flexibility index (Phi) is 4.11. The third kappa shape index (κ3) is 3.70.